The van der Waals surface area contributed by atoms with Gasteiger partial charge in [0.2, 0.25) is 0 Å². The first-order valence-electron chi connectivity index (χ1n) is 8.25. The summed E-state index contributed by atoms with van der Waals surface area (Å²) in [6, 6.07) is 7.97. The zero-order valence-corrected chi connectivity index (χ0v) is 15.1. The summed E-state index contributed by atoms with van der Waals surface area (Å²) in [5.74, 6) is 0.860. The minimum Gasteiger partial charge on any atom is -0.494 e. The molecule has 7 heteroatoms. The highest BCUT2D eigenvalue weighted by Crippen LogP contribution is 2.22. The Labute approximate surface area is 139 Å². The molecule has 2 rings (SSSR count). The van der Waals surface area contributed by atoms with Crippen LogP contribution in [0.4, 0.5) is 5.69 Å². The first-order chi connectivity index (χ1) is 11.0. The van der Waals surface area contributed by atoms with E-state index in [1.165, 1.54) is 4.31 Å². The molecule has 0 N–H and O–H groups in total. The third kappa shape index (κ3) is 4.16. The summed E-state index contributed by atoms with van der Waals surface area (Å²) in [7, 11) is -3.32. The van der Waals surface area contributed by atoms with Crippen molar-refractivity contribution >= 4 is 15.9 Å². The molecule has 130 valence electrons. The van der Waals surface area contributed by atoms with Crippen molar-refractivity contribution in [3.8, 4) is 5.75 Å². The summed E-state index contributed by atoms with van der Waals surface area (Å²) >= 11 is 0. The fraction of sp³-hybridized carbons (Fsp3) is 0.625. The zero-order chi connectivity index (χ0) is 16.9. The second-order valence-corrected chi connectivity index (χ2v) is 7.33. The summed E-state index contributed by atoms with van der Waals surface area (Å²) in [6.07, 6.45) is 0. The van der Waals surface area contributed by atoms with E-state index in [9.17, 15) is 8.42 Å². The highest BCUT2D eigenvalue weighted by atomic mass is 32.2. The van der Waals surface area contributed by atoms with Crippen LogP contribution < -0.4 is 9.64 Å². The second-order valence-electron chi connectivity index (χ2n) is 5.41. The van der Waals surface area contributed by atoms with Gasteiger partial charge in [-0.25, -0.2) is 0 Å². The summed E-state index contributed by atoms with van der Waals surface area (Å²) in [5.41, 5.74) is 1.10. The van der Waals surface area contributed by atoms with Gasteiger partial charge in [0, 0.05) is 45.0 Å². The van der Waals surface area contributed by atoms with E-state index in [4.69, 9.17) is 4.74 Å². The Bertz CT molecular complexity index is 577. The van der Waals surface area contributed by atoms with Gasteiger partial charge in [0.15, 0.2) is 0 Å². The quantitative estimate of drug-likeness (QED) is 0.759. The molecule has 0 atom stereocenters. The van der Waals surface area contributed by atoms with Crippen molar-refractivity contribution in [2.75, 3.05) is 50.8 Å². The lowest BCUT2D eigenvalue weighted by Crippen LogP contribution is -2.53. The van der Waals surface area contributed by atoms with Crippen molar-refractivity contribution in [2.45, 2.75) is 20.8 Å². The van der Waals surface area contributed by atoms with E-state index in [0.717, 1.165) is 11.4 Å². The van der Waals surface area contributed by atoms with E-state index in [1.54, 1.807) is 4.31 Å². The van der Waals surface area contributed by atoms with Crippen molar-refractivity contribution in [1.82, 2.24) is 8.61 Å². The summed E-state index contributed by atoms with van der Waals surface area (Å²) in [6.45, 7) is 9.83. The predicted molar refractivity (Wildman–Crippen MR) is 93.2 cm³/mol. The number of benzene rings is 1. The first-order valence-corrected chi connectivity index (χ1v) is 9.65. The lowest BCUT2D eigenvalue weighted by molar-refractivity contribution is 0.334. The van der Waals surface area contributed by atoms with Gasteiger partial charge in [-0.05, 0) is 31.2 Å². The van der Waals surface area contributed by atoms with Crippen LogP contribution in [0.5, 0.6) is 5.75 Å². The highest BCUT2D eigenvalue weighted by Gasteiger charge is 2.30. The third-order valence-electron chi connectivity index (χ3n) is 4.11. The number of hydrogen-bond acceptors (Lipinski definition) is 4. The summed E-state index contributed by atoms with van der Waals surface area (Å²) in [5, 5.41) is 0. The van der Waals surface area contributed by atoms with Crippen LogP contribution in [0.3, 0.4) is 0 Å². The van der Waals surface area contributed by atoms with Crippen LogP contribution in [0, 0.1) is 0 Å². The Morgan fingerprint density at radius 2 is 1.57 bits per heavy atom. The Balaban J connectivity index is 1.98. The molecule has 0 spiro atoms. The largest absolute Gasteiger partial charge is 0.494 e. The van der Waals surface area contributed by atoms with Crippen LogP contribution >= 0.6 is 0 Å². The number of piperazine rings is 1. The van der Waals surface area contributed by atoms with Crippen molar-refractivity contribution in [1.29, 1.82) is 0 Å². The van der Waals surface area contributed by atoms with E-state index in [2.05, 4.69) is 4.90 Å². The first kappa shape index (κ1) is 18.0. The summed E-state index contributed by atoms with van der Waals surface area (Å²) in [4.78, 5) is 2.21. The average Bonchev–Trinajstić information content (AvgIpc) is 2.57. The molecule has 0 unspecified atom stereocenters. The smallest absolute Gasteiger partial charge is 0.282 e. The maximum absolute atomic E-state index is 12.5. The van der Waals surface area contributed by atoms with Crippen molar-refractivity contribution in [2.24, 2.45) is 0 Å². The molecule has 0 amide bonds. The molecule has 1 aromatic rings. The molecule has 1 fully saturated rings. The summed E-state index contributed by atoms with van der Waals surface area (Å²) < 4.78 is 33.6. The van der Waals surface area contributed by atoms with Gasteiger partial charge < -0.3 is 9.64 Å². The molecule has 1 heterocycles. The third-order valence-corrected chi connectivity index (χ3v) is 6.30. The Hall–Kier alpha value is -1.31. The van der Waals surface area contributed by atoms with Crippen LogP contribution in [-0.2, 0) is 10.2 Å². The van der Waals surface area contributed by atoms with Crippen molar-refractivity contribution < 1.29 is 13.2 Å². The monoisotopic (exact) mass is 341 g/mol. The molecule has 1 aliphatic heterocycles. The SMILES string of the molecule is CCOc1ccc(N2CCN(S(=O)(=O)N(CC)CC)CC2)cc1. The van der Waals surface area contributed by atoms with Gasteiger partial charge in [0.1, 0.15) is 5.75 Å². The van der Waals surface area contributed by atoms with E-state index in [-0.39, 0.29) is 0 Å². The van der Waals surface area contributed by atoms with Crippen LogP contribution in [0.25, 0.3) is 0 Å². The minimum absolute atomic E-state index is 0.512. The normalized spacial score (nSPS) is 16.8. The number of rotatable bonds is 7. The van der Waals surface area contributed by atoms with Crippen LogP contribution in [-0.4, -0.2) is 62.9 Å². The van der Waals surface area contributed by atoms with Crippen LogP contribution in [0.1, 0.15) is 20.8 Å². The fourth-order valence-corrected chi connectivity index (χ4v) is 4.41. The van der Waals surface area contributed by atoms with E-state index >= 15 is 0 Å². The Morgan fingerprint density at radius 3 is 2.04 bits per heavy atom. The molecule has 0 bridgehead atoms. The van der Waals surface area contributed by atoms with Gasteiger partial charge in [-0.3, -0.25) is 0 Å². The van der Waals surface area contributed by atoms with Gasteiger partial charge in [-0.1, -0.05) is 13.8 Å². The predicted octanol–water partition coefficient (Wildman–Crippen LogP) is 1.79. The number of anilines is 1. The highest BCUT2D eigenvalue weighted by molar-refractivity contribution is 7.86. The van der Waals surface area contributed by atoms with Crippen molar-refractivity contribution in [3.05, 3.63) is 24.3 Å². The zero-order valence-electron chi connectivity index (χ0n) is 14.2. The van der Waals surface area contributed by atoms with Gasteiger partial charge in [-0.2, -0.15) is 17.0 Å². The maximum atomic E-state index is 12.5. The molecule has 6 nitrogen and oxygen atoms in total. The molecule has 1 aromatic carbocycles. The number of hydrogen-bond donors (Lipinski definition) is 0. The fourth-order valence-electron chi connectivity index (χ4n) is 2.81. The lowest BCUT2D eigenvalue weighted by Gasteiger charge is -2.37. The lowest BCUT2D eigenvalue weighted by atomic mass is 10.2. The standard InChI is InChI=1S/C16H27N3O3S/c1-4-18(5-2)23(20,21)19-13-11-17(12-14-19)15-7-9-16(10-8-15)22-6-3/h7-10H,4-6,11-14H2,1-3H3. The topological polar surface area (TPSA) is 53.1 Å². The minimum atomic E-state index is -3.32. The second kappa shape index (κ2) is 7.99. The van der Waals surface area contributed by atoms with Gasteiger partial charge in [0.25, 0.3) is 10.2 Å². The van der Waals surface area contributed by atoms with E-state index < -0.39 is 10.2 Å². The van der Waals surface area contributed by atoms with Crippen molar-refractivity contribution in [3.63, 3.8) is 0 Å². The molecule has 1 saturated heterocycles. The molecule has 0 aromatic heterocycles. The maximum Gasteiger partial charge on any atom is 0.282 e. The Kier molecular flexibility index (Phi) is 6.26. The molecule has 0 radical (unpaired) electrons. The van der Waals surface area contributed by atoms with Crippen LogP contribution in [0.15, 0.2) is 24.3 Å². The molecule has 0 saturated carbocycles. The Morgan fingerprint density at radius 1 is 1.00 bits per heavy atom. The number of nitrogens with zero attached hydrogens (tertiary/aromatic N) is 3. The molecular formula is C16H27N3O3S. The van der Waals surface area contributed by atoms with E-state index in [0.29, 0.717) is 45.9 Å². The van der Waals surface area contributed by atoms with E-state index in [1.807, 2.05) is 45.0 Å². The number of ether oxygens (including phenoxy) is 1. The van der Waals surface area contributed by atoms with Gasteiger partial charge >= 0.3 is 0 Å². The molecule has 0 aliphatic carbocycles. The molecule has 23 heavy (non-hydrogen) atoms. The molecule has 1 aliphatic rings. The van der Waals surface area contributed by atoms with Crippen LogP contribution in [0.2, 0.25) is 0 Å². The van der Waals surface area contributed by atoms with Gasteiger partial charge in [0.05, 0.1) is 6.61 Å². The molecular weight excluding hydrogens is 314 g/mol. The van der Waals surface area contributed by atoms with Gasteiger partial charge in [-0.15, -0.1) is 0 Å². The average molecular weight is 341 g/mol.